The molecule has 0 aromatic heterocycles. The third-order valence-corrected chi connectivity index (χ3v) is 14.3. The zero-order valence-corrected chi connectivity index (χ0v) is 31.7. The molecule has 0 saturated heterocycles. The molecule has 0 aliphatic heterocycles. The quantitative estimate of drug-likeness (QED) is 0.0801. The highest BCUT2D eigenvalue weighted by molar-refractivity contribution is 5.69. The third kappa shape index (κ3) is 9.55. The van der Waals surface area contributed by atoms with Crippen LogP contribution in [0.5, 0.6) is 0 Å². The maximum atomic E-state index is 12.8. The first-order chi connectivity index (χ1) is 22.1. The molecular weight excluding hydrogens is 560 g/mol. The molecule has 3 fully saturated rings. The largest absolute Gasteiger partial charge is 0.462 e. The van der Waals surface area contributed by atoms with Crippen molar-refractivity contribution in [1.29, 1.82) is 0 Å². The smallest absolute Gasteiger partial charge is 0.306 e. The number of unbranched alkanes of at least 4 members (excludes halogenated alkanes) is 12. The number of carbonyl (C=O) groups is 1. The van der Waals surface area contributed by atoms with E-state index in [0.717, 1.165) is 48.9 Å². The molecule has 0 N–H and O–H groups in total. The Kier molecular flexibility index (Phi) is 14.8. The Balaban J connectivity index is 1.17. The fourth-order valence-corrected chi connectivity index (χ4v) is 10.9. The molecule has 2 nitrogen and oxygen atoms in total. The van der Waals surface area contributed by atoms with Crippen molar-refractivity contribution < 1.29 is 9.53 Å². The van der Waals surface area contributed by atoms with Gasteiger partial charge in [0, 0.05) is 12.8 Å². The van der Waals surface area contributed by atoms with Gasteiger partial charge in [0.05, 0.1) is 0 Å². The van der Waals surface area contributed by atoms with Crippen LogP contribution in [0.25, 0.3) is 0 Å². The van der Waals surface area contributed by atoms with Crippen molar-refractivity contribution in [3.63, 3.8) is 0 Å². The highest BCUT2D eigenvalue weighted by Gasteiger charge is 2.59. The molecule has 264 valence electrons. The van der Waals surface area contributed by atoms with E-state index in [1.165, 1.54) is 116 Å². The van der Waals surface area contributed by atoms with Gasteiger partial charge in [0.25, 0.3) is 0 Å². The van der Waals surface area contributed by atoms with Gasteiger partial charge in [-0.1, -0.05) is 149 Å². The molecule has 0 aromatic rings. The summed E-state index contributed by atoms with van der Waals surface area (Å²) in [6, 6.07) is 0. The fourth-order valence-electron chi connectivity index (χ4n) is 10.9. The number of hydrogen-bond donors (Lipinski definition) is 0. The minimum absolute atomic E-state index is 0.0577. The average molecular weight is 637 g/mol. The summed E-state index contributed by atoms with van der Waals surface area (Å²) in [7, 11) is 0. The maximum absolute atomic E-state index is 12.8. The van der Waals surface area contributed by atoms with E-state index in [-0.39, 0.29) is 12.1 Å². The van der Waals surface area contributed by atoms with Crippen LogP contribution in [0.4, 0.5) is 0 Å². The Morgan fingerprint density at radius 3 is 2.07 bits per heavy atom. The van der Waals surface area contributed by atoms with Crippen LogP contribution in [0.3, 0.4) is 0 Å². The topological polar surface area (TPSA) is 26.3 Å². The molecular formula is C44H76O2. The average Bonchev–Trinajstić information content (AvgIpc) is 3.39. The van der Waals surface area contributed by atoms with Gasteiger partial charge in [0.2, 0.25) is 0 Å². The van der Waals surface area contributed by atoms with Gasteiger partial charge in [-0.2, -0.15) is 0 Å². The molecule has 0 bridgehead atoms. The van der Waals surface area contributed by atoms with E-state index < -0.39 is 0 Å². The van der Waals surface area contributed by atoms with Crippen molar-refractivity contribution in [2.45, 2.75) is 196 Å². The molecule has 4 aliphatic rings. The number of fused-ring (bicyclic) bond motifs is 5. The minimum atomic E-state index is 0.0577. The van der Waals surface area contributed by atoms with Gasteiger partial charge in [-0.05, 0) is 104 Å². The van der Waals surface area contributed by atoms with E-state index in [4.69, 9.17) is 4.74 Å². The van der Waals surface area contributed by atoms with Crippen LogP contribution in [0.15, 0.2) is 23.8 Å². The molecule has 9 atom stereocenters. The molecule has 0 amide bonds. The van der Waals surface area contributed by atoms with Crippen LogP contribution in [0, 0.1) is 52.3 Å². The number of carbonyl (C=O) groups excluding carboxylic acids is 1. The molecule has 0 unspecified atom stereocenters. The van der Waals surface area contributed by atoms with Crippen LogP contribution in [0.2, 0.25) is 0 Å². The molecule has 0 aromatic carbocycles. The summed E-state index contributed by atoms with van der Waals surface area (Å²) in [5.74, 6) is 5.50. The van der Waals surface area contributed by atoms with Gasteiger partial charge in [0.15, 0.2) is 0 Å². The zero-order valence-electron chi connectivity index (χ0n) is 31.7. The second-order valence-electron chi connectivity index (χ2n) is 17.7. The van der Waals surface area contributed by atoms with Crippen LogP contribution >= 0.6 is 0 Å². The van der Waals surface area contributed by atoms with Crippen LogP contribution in [-0.4, -0.2) is 12.1 Å². The van der Waals surface area contributed by atoms with E-state index in [1.54, 1.807) is 5.57 Å². The van der Waals surface area contributed by atoms with Crippen molar-refractivity contribution in [3.05, 3.63) is 23.8 Å². The van der Waals surface area contributed by atoms with Crippen LogP contribution in [-0.2, 0) is 9.53 Å². The van der Waals surface area contributed by atoms with Gasteiger partial charge >= 0.3 is 5.97 Å². The number of esters is 1. The van der Waals surface area contributed by atoms with Gasteiger partial charge in [-0.25, -0.2) is 0 Å². The molecule has 3 saturated carbocycles. The van der Waals surface area contributed by atoms with Gasteiger partial charge < -0.3 is 4.74 Å². The second-order valence-corrected chi connectivity index (χ2v) is 17.7. The summed E-state index contributed by atoms with van der Waals surface area (Å²) in [5, 5.41) is 0. The van der Waals surface area contributed by atoms with E-state index in [2.05, 4.69) is 66.7 Å². The Hall–Kier alpha value is -1.05. The van der Waals surface area contributed by atoms with E-state index >= 15 is 0 Å². The Labute approximate surface area is 286 Å². The molecule has 0 radical (unpaired) electrons. The van der Waals surface area contributed by atoms with E-state index in [1.807, 2.05) is 0 Å². The van der Waals surface area contributed by atoms with Crippen LogP contribution < -0.4 is 0 Å². The highest BCUT2D eigenvalue weighted by atomic mass is 16.5. The molecule has 4 aliphatic carbocycles. The third-order valence-electron chi connectivity index (χ3n) is 14.3. The zero-order chi connectivity index (χ0) is 33.2. The normalized spacial score (nSPS) is 33.7. The van der Waals surface area contributed by atoms with Crippen molar-refractivity contribution >= 4 is 5.97 Å². The Morgan fingerprint density at radius 1 is 0.804 bits per heavy atom. The first-order valence-corrected chi connectivity index (χ1v) is 20.7. The predicted octanol–water partition coefficient (Wildman–Crippen LogP) is 13.4. The standard InChI is InChI=1S/C44H76O2/c1-8-9-10-11-12-13-14-15-16-17-18-19-20-21-42(45)46-37-28-30-43(6)36(32-37)24-25-38-40-27-26-39(44(40,7)31-29-41(38)43)35(5)23-22-34(4)33(2)3/h22-24,33-35,37-41H,8-21,25-32H2,1-7H3/t34-,35-,37+,38+,39-,40+,41+,43+,44-/m1/s1. The molecule has 4 rings (SSSR count). The summed E-state index contributed by atoms with van der Waals surface area (Å²) >= 11 is 0. The lowest BCUT2D eigenvalue weighted by Gasteiger charge is -2.58. The number of rotatable bonds is 19. The van der Waals surface area contributed by atoms with Gasteiger partial charge in [-0.15, -0.1) is 0 Å². The minimum Gasteiger partial charge on any atom is -0.462 e. The van der Waals surface area contributed by atoms with Crippen LogP contribution in [0.1, 0.15) is 190 Å². The summed E-state index contributed by atoms with van der Waals surface area (Å²) in [6.45, 7) is 17.1. The highest BCUT2D eigenvalue weighted by Crippen LogP contribution is 2.67. The lowest BCUT2D eigenvalue weighted by Crippen LogP contribution is -2.51. The summed E-state index contributed by atoms with van der Waals surface area (Å²) < 4.78 is 6.12. The maximum Gasteiger partial charge on any atom is 0.306 e. The first kappa shape index (κ1) is 37.8. The van der Waals surface area contributed by atoms with Gasteiger partial charge in [0.1, 0.15) is 6.10 Å². The number of allylic oxidation sites excluding steroid dienone is 3. The first-order valence-electron chi connectivity index (χ1n) is 20.7. The lowest BCUT2D eigenvalue weighted by atomic mass is 9.47. The molecule has 0 spiro atoms. The van der Waals surface area contributed by atoms with E-state index in [0.29, 0.717) is 29.1 Å². The lowest BCUT2D eigenvalue weighted by molar-refractivity contribution is -0.151. The summed E-state index contributed by atoms with van der Waals surface area (Å²) in [6.07, 6.45) is 36.0. The van der Waals surface area contributed by atoms with Crippen molar-refractivity contribution in [1.82, 2.24) is 0 Å². The van der Waals surface area contributed by atoms with Gasteiger partial charge in [-0.3, -0.25) is 4.79 Å². The number of ether oxygens (including phenoxy) is 1. The fraction of sp³-hybridized carbons (Fsp3) is 0.886. The molecule has 46 heavy (non-hydrogen) atoms. The summed E-state index contributed by atoms with van der Waals surface area (Å²) in [4.78, 5) is 12.8. The molecule has 0 heterocycles. The Bertz CT molecular complexity index is 976. The predicted molar refractivity (Wildman–Crippen MR) is 198 cm³/mol. The van der Waals surface area contributed by atoms with E-state index in [9.17, 15) is 4.79 Å². The van der Waals surface area contributed by atoms with Crippen molar-refractivity contribution in [3.8, 4) is 0 Å². The SMILES string of the molecule is CCCCCCCCCCCCCCCC(=O)O[C@H]1CC[C@@]2(C)C(=CC[C@H]3[C@@H]4CC[C@H]([C@H](C)C=C[C@@H](C)C(C)C)[C@@]4(C)CC[C@@H]32)C1. The number of hydrogen-bond acceptors (Lipinski definition) is 2. The summed E-state index contributed by atoms with van der Waals surface area (Å²) in [5.41, 5.74) is 2.45. The molecule has 2 heteroatoms. The monoisotopic (exact) mass is 637 g/mol. The van der Waals surface area contributed by atoms with Crippen molar-refractivity contribution in [2.24, 2.45) is 52.3 Å². The second kappa shape index (κ2) is 18.1. The Morgan fingerprint density at radius 2 is 1.43 bits per heavy atom. The van der Waals surface area contributed by atoms with Crippen molar-refractivity contribution in [2.75, 3.05) is 0 Å².